The van der Waals surface area contributed by atoms with E-state index in [9.17, 15) is 14.0 Å². The molecule has 2 N–H and O–H groups in total. The van der Waals surface area contributed by atoms with Crippen molar-refractivity contribution in [1.82, 2.24) is 19.9 Å². The Bertz CT molecular complexity index is 989. The summed E-state index contributed by atoms with van der Waals surface area (Å²) in [5.74, 6) is -1.30. The Morgan fingerprint density at radius 1 is 1.42 bits per heavy atom. The van der Waals surface area contributed by atoms with Gasteiger partial charge in [-0.2, -0.15) is 0 Å². The van der Waals surface area contributed by atoms with Gasteiger partial charge in [0, 0.05) is 29.6 Å². The van der Waals surface area contributed by atoms with Crippen LogP contribution in [-0.4, -0.2) is 20.5 Å². The van der Waals surface area contributed by atoms with Crippen LogP contribution >= 0.6 is 11.6 Å². The number of fused-ring (bicyclic) bond motifs is 1. The van der Waals surface area contributed by atoms with Gasteiger partial charge < -0.3 is 5.32 Å². The molecule has 0 saturated heterocycles. The quantitative estimate of drug-likeness (QED) is 0.762. The number of hydrogen-bond donors (Lipinski definition) is 2. The minimum Gasteiger partial charge on any atom is -0.348 e. The molecule has 0 bridgehead atoms. The van der Waals surface area contributed by atoms with Crippen molar-refractivity contribution in [2.24, 2.45) is 0 Å². The molecule has 24 heavy (non-hydrogen) atoms. The number of nitrogens with zero attached hydrogens (tertiary/aromatic N) is 2. The number of carbonyl (C=O) groups excluding carboxylic acids is 1. The van der Waals surface area contributed by atoms with Gasteiger partial charge >= 0.3 is 0 Å². The van der Waals surface area contributed by atoms with E-state index in [0.29, 0.717) is 11.3 Å². The van der Waals surface area contributed by atoms with Crippen LogP contribution in [0.3, 0.4) is 0 Å². The number of nitrogens with one attached hydrogen (secondary N) is 2. The normalized spacial score (nSPS) is 11.0. The van der Waals surface area contributed by atoms with E-state index in [1.54, 1.807) is 18.4 Å². The summed E-state index contributed by atoms with van der Waals surface area (Å²) >= 11 is 5.89. The van der Waals surface area contributed by atoms with E-state index >= 15 is 0 Å². The van der Waals surface area contributed by atoms with Gasteiger partial charge in [-0.15, -0.1) is 0 Å². The Balaban J connectivity index is 1.91. The van der Waals surface area contributed by atoms with Crippen LogP contribution in [0.2, 0.25) is 5.02 Å². The SMILES string of the molecule is Cc1nc2cc(=O)[nH]n2c(C)c1CNC(=O)c1c(F)cccc1Cl. The van der Waals surface area contributed by atoms with E-state index < -0.39 is 11.7 Å². The molecule has 0 saturated carbocycles. The van der Waals surface area contributed by atoms with Crippen molar-refractivity contribution in [2.45, 2.75) is 20.4 Å². The minimum absolute atomic E-state index is 0.0456. The first-order valence-electron chi connectivity index (χ1n) is 7.18. The zero-order valence-electron chi connectivity index (χ0n) is 13.0. The summed E-state index contributed by atoms with van der Waals surface area (Å²) in [6.07, 6.45) is 0. The molecule has 3 aromatic rings. The van der Waals surface area contributed by atoms with Gasteiger partial charge in [0.05, 0.1) is 10.6 Å². The molecule has 8 heteroatoms. The maximum atomic E-state index is 13.8. The van der Waals surface area contributed by atoms with E-state index in [1.165, 1.54) is 24.3 Å². The Hall–Kier alpha value is -2.67. The van der Waals surface area contributed by atoms with Crippen LogP contribution in [0.1, 0.15) is 27.3 Å². The number of rotatable bonds is 3. The van der Waals surface area contributed by atoms with Crippen LogP contribution in [-0.2, 0) is 6.54 Å². The molecule has 0 unspecified atom stereocenters. The summed E-state index contributed by atoms with van der Waals surface area (Å²) in [5.41, 5.74) is 2.19. The van der Waals surface area contributed by atoms with Crippen molar-refractivity contribution in [3.8, 4) is 0 Å². The molecule has 3 rings (SSSR count). The molecule has 0 atom stereocenters. The standard InChI is InChI=1S/C16H14ClFN4O2/c1-8-10(9(2)22-13(20-8)6-14(23)21-22)7-19-16(24)15-11(17)4-3-5-12(15)18/h3-6H,7H2,1-2H3,(H,19,24)(H,21,23). The molecular formula is C16H14ClFN4O2. The molecule has 124 valence electrons. The third kappa shape index (κ3) is 2.78. The average Bonchev–Trinajstić information content (AvgIpc) is 2.87. The second kappa shape index (κ2) is 6.09. The van der Waals surface area contributed by atoms with Crippen LogP contribution in [0.25, 0.3) is 5.65 Å². The fraction of sp³-hybridized carbons (Fsp3) is 0.188. The second-order valence-corrected chi connectivity index (χ2v) is 5.76. The predicted octanol–water partition coefficient (Wildman–Crippen LogP) is 2.36. The van der Waals surface area contributed by atoms with Crippen molar-refractivity contribution in [1.29, 1.82) is 0 Å². The highest BCUT2D eigenvalue weighted by Crippen LogP contribution is 2.19. The highest BCUT2D eigenvalue weighted by molar-refractivity contribution is 6.33. The molecule has 0 radical (unpaired) electrons. The molecular weight excluding hydrogens is 335 g/mol. The monoisotopic (exact) mass is 348 g/mol. The predicted molar refractivity (Wildman–Crippen MR) is 87.9 cm³/mol. The highest BCUT2D eigenvalue weighted by Gasteiger charge is 2.17. The number of benzene rings is 1. The summed E-state index contributed by atoms with van der Waals surface area (Å²) in [5, 5.41) is 5.32. The van der Waals surface area contributed by atoms with Crippen molar-refractivity contribution >= 4 is 23.2 Å². The zero-order valence-corrected chi connectivity index (χ0v) is 13.7. The number of aromatic nitrogens is 3. The summed E-state index contributed by atoms with van der Waals surface area (Å²) < 4.78 is 15.3. The molecule has 0 aliphatic rings. The minimum atomic E-state index is -0.684. The topological polar surface area (TPSA) is 79.3 Å². The molecule has 0 fully saturated rings. The smallest absolute Gasteiger partial charge is 0.266 e. The Labute approximate surface area is 141 Å². The fourth-order valence-electron chi connectivity index (χ4n) is 2.58. The molecule has 0 spiro atoms. The lowest BCUT2D eigenvalue weighted by Gasteiger charge is -2.13. The molecule has 0 aliphatic carbocycles. The largest absolute Gasteiger partial charge is 0.348 e. The van der Waals surface area contributed by atoms with Crippen molar-refractivity contribution in [2.75, 3.05) is 0 Å². The number of H-pyrrole nitrogens is 1. The second-order valence-electron chi connectivity index (χ2n) is 5.35. The van der Waals surface area contributed by atoms with Gasteiger partial charge in [0.25, 0.3) is 11.5 Å². The third-order valence-corrected chi connectivity index (χ3v) is 4.13. The lowest BCUT2D eigenvalue weighted by atomic mass is 10.1. The average molecular weight is 349 g/mol. The maximum absolute atomic E-state index is 13.8. The molecule has 0 aliphatic heterocycles. The number of amides is 1. The van der Waals surface area contributed by atoms with Gasteiger partial charge in [0.2, 0.25) is 0 Å². The van der Waals surface area contributed by atoms with Crippen molar-refractivity contribution in [3.63, 3.8) is 0 Å². The number of aryl methyl sites for hydroxylation is 2. The molecule has 6 nitrogen and oxygen atoms in total. The number of aromatic amines is 1. The molecule has 1 aromatic carbocycles. The van der Waals surface area contributed by atoms with Crippen LogP contribution in [0, 0.1) is 19.7 Å². The fourth-order valence-corrected chi connectivity index (χ4v) is 2.83. The summed E-state index contributed by atoms with van der Waals surface area (Å²) in [6, 6.07) is 5.45. The van der Waals surface area contributed by atoms with Gasteiger partial charge in [-0.1, -0.05) is 17.7 Å². The number of hydrogen-bond acceptors (Lipinski definition) is 3. The van der Waals surface area contributed by atoms with Gasteiger partial charge in [0.1, 0.15) is 5.82 Å². The van der Waals surface area contributed by atoms with Gasteiger partial charge in [0.15, 0.2) is 5.65 Å². The van der Waals surface area contributed by atoms with Gasteiger partial charge in [-0.3, -0.25) is 14.7 Å². The number of halogens is 2. The first kappa shape index (κ1) is 16.2. The maximum Gasteiger partial charge on any atom is 0.266 e. The van der Waals surface area contributed by atoms with Crippen LogP contribution in [0.4, 0.5) is 4.39 Å². The Kier molecular flexibility index (Phi) is 4.11. The van der Waals surface area contributed by atoms with Crippen LogP contribution < -0.4 is 10.9 Å². The molecule has 2 heterocycles. The van der Waals surface area contributed by atoms with E-state index in [-0.39, 0.29) is 22.7 Å². The van der Waals surface area contributed by atoms with E-state index in [2.05, 4.69) is 15.4 Å². The lowest BCUT2D eigenvalue weighted by Crippen LogP contribution is -2.26. The Morgan fingerprint density at radius 2 is 2.17 bits per heavy atom. The van der Waals surface area contributed by atoms with Crippen LogP contribution in [0.15, 0.2) is 29.1 Å². The first-order valence-corrected chi connectivity index (χ1v) is 7.56. The highest BCUT2D eigenvalue weighted by atomic mass is 35.5. The van der Waals surface area contributed by atoms with Crippen molar-refractivity contribution < 1.29 is 9.18 Å². The van der Waals surface area contributed by atoms with Gasteiger partial charge in [-0.05, 0) is 26.0 Å². The third-order valence-electron chi connectivity index (χ3n) is 3.82. The first-order chi connectivity index (χ1) is 11.4. The Morgan fingerprint density at radius 3 is 2.88 bits per heavy atom. The summed E-state index contributed by atoms with van der Waals surface area (Å²) in [7, 11) is 0. The van der Waals surface area contributed by atoms with E-state index in [1.807, 2.05) is 0 Å². The summed E-state index contributed by atoms with van der Waals surface area (Å²) in [6.45, 7) is 3.71. The molecule has 1 amide bonds. The van der Waals surface area contributed by atoms with E-state index in [0.717, 1.165) is 11.3 Å². The van der Waals surface area contributed by atoms with E-state index in [4.69, 9.17) is 11.6 Å². The lowest BCUT2D eigenvalue weighted by molar-refractivity contribution is 0.0947. The summed E-state index contributed by atoms with van der Waals surface area (Å²) in [4.78, 5) is 28.0. The van der Waals surface area contributed by atoms with Crippen molar-refractivity contribution in [3.05, 3.63) is 68.0 Å². The van der Waals surface area contributed by atoms with Crippen LogP contribution in [0.5, 0.6) is 0 Å². The van der Waals surface area contributed by atoms with Gasteiger partial charge in [-0.25, -0.2) is 13.9 Å². The zero-order chi connectivity index (χ0) is 17.4. The number of carbonyl (C=O) groups is 1. The molecule has 2 aromatic heterocycles.